The summed E-state index contributed by atoms with van der Waals surface area (Å²) in [5, 5.41) is 3.57. The molecule has 1 aliphatic rings. The lowest BCUT2D eigenvalue weighted by molar-refractivity contribution is -0.129. The molecule has 2 heterocycles. The van der Waals surface area contributed by atoms with Gasteiger partial charge in [0, 0.05) is 50.3 Å². The van der Waals surface area contributed by atoms with Crippen molar-refractivity contribution in [2.24, 2.45) is 5.11 Å². The number of nitrogens with zero attached hydrogens (tertiary/aromatic N) is 6. The minimum Gasteiger partial charge on any atom is -0.367 e. The lowest BCUT2D eigenvalue weighted by Crippen LogP contribution is -2.48. The molecule has 0 radical (unpaired) electrons. The molecule has 28 heavy (non-hydrogen) atoms. The Bertz CT molecular complexity index is 819. The fraction of sp³-hybridized carbons (Fsp3) is 0.429. The van der Waals surface area contributed by atoms with E-state index in [1.54, 1.807) is 6.92 Å². The third-order valence-corrected chi connectivity index (χ3v) is 5.16. The Morgan fingerprint density at radius 1 is 1.04 bits per heavy atom. The lowest BCUT2D eigenvalue weighted by atomic mass is 10.0. The maximum atomic E-state index is 11.4. The van der Waals surface area contributed by atoms with Gasteiger partial charge in [-0.25, -0.2) is 0 Å². The number of rotatable bonds is 7. The third kappa shape index (κ3) is 5.47. The second-order valence-electron chi connectivity index (χ2n) is 7.02. The van der Waals surface area contributed by atoms with Crippen molar-refractivity contribution in [3.05, 3.63) is 69.9 Å². The van der Waals surface area contributed by atoms with Crippen LogP contribution in [0.2, 0.25) is 0 Å². The van der Waals surface area contributed by atoms with Crippen molar-refractivity contribution < 1.29 is 4.79 Å². The van der Waals surface area contributed by atoms with Gasteiger partial charge >= 0.3 is 0 Å². The first-order valence-corrected chi connectivity index (χ1v) is 9.70. The highest BCUT2D eigenvalue weighted by atomic mass is 16.2. The lowest BCUT2D eigenvalue weighted by Gasteiger charge is -2.35. The number of hydrogen-bond donors (Lipinski definition) is 0. The largest absolute Gasteiger partial charge is 0.367 e. The molecular weight excluding hydrogens is 352 g/mol. The molecule has 3 rings (SSSR count). The molecule has 1 aromatic heterocycles. The number of aromatic nitrogens is 1. The number of hydrogen-bond acceptors (Lipinski definition) is 4. The van der Waals surface area contributed by atoms with Gasteiger partial charge in [0.25, 0.3) is 0 Å². The average Bonchev–Trinajstić information content (AvgIpc) is 2.74. The van der Waals surface area contributed by atoms with E-state index in [1.807, 2.05) is 11.1 Å². The smallest absolute Gasteiger partial charge is 0.219 e. The Labute approximate surface area is 165 Å². The fourth-order valence-electron chi connectivity index (χ4n) is 3.40. The van der Waals surface area contributed by atoms with Crippen molar-refractivity contribution in [1.82, 2.24) is 9.88 Å². The summed E-state index contributed by atoms with van der Waals surface area (Å²) >= 11 is 0. The molecule has 146 valence electrons. The van der Waals surface area contributed by atoms with Crippen LogP contribution in [0.4, 0.5) is 5.69 Å². The first-order valence-electron chi connectivity index (χ1n) is 9.70. The van der Waals surface area contributed by atoms with Crippen molar-refractivity contribution in [3.63, 3.8) is 0 Å². The van der Waals surface area contributed by atoms with Gasteiger partial charge in [0.15, 0.2) is 0 Å². The van der Waals surface area contributed by atoms with Crippen molar-refractivity contribution in [2.75, 3.05) is 37.6 Å². The van der Waals surface area contributed by atoms with Crippen LogP contribution in [0.1, 0.15) is 23.7 Å². The molecule has 1 saturated heterocycles. The fourth-order valence-corrected chi connectivity index (χ4v) is 3.40. The first-order chi connectivity index (χ1) is 13.7. The topological polar surface area (TPSA) is 85.2 Å². The maximum absolute atomic E-state index is 11.4. The van der Waals surface area contributed by atoms with E-state index < -0.39 is 0 Å². The van der Waals surface area contributed by atoms with Crippen molar-refractivity contribution in [1.29, 1.82) is 0 Å². The van der Waals surface area contributed by atoms with Gasteiger partial charge in [-0.3, -0.25) is 9.78 Å². The second-order valence-corrected chi connectivity index (χ2v) is 7.02. The molecule has 0 aliphatic carbocycles. The quantitative estimate of drug-likeness (QED) is 0.420. The second kappa shape index (κ2) is 9.76. The summed E-state index contributed by atoms with van der Waals surface area (Å²) in [5.74, 6) is 0.150. The molecular formula is C21H26N6O. The summed E-state index contributed by atoms with van der Waals surface area (Å²) in [6.45, 7) is 5.38. The highest BCUT2D eigenvalue weighted by Crippen LogP contribution is 2.17. The van der Waals surface area contributed by atoms with Gasteiger partial charge in [0.05, 0.1) is 11.9 Å². The molecule has 1 fully saturated rings. The van der Waals surface area contributed by atoms with Gasteiger partial charge in [-0.2, -0.15) is 0 Å². The number of aryl methyl sites for hydroxylation is 2. The number of carbonyl (C=O) groups excluding carboxylic acids is 1. The van der Waals surface area contributed by atoms with E-state index in [0.29, 0.717) is 6.54 Å². The molecule has 0 unspecified atom stereocenters. The normalized spacial score (nSPS) is 13.9. The average molecular weight is 378 g/mol. The number of amides is 1. The van der Waals surface area contributed by atoms with E-state index in [2.05, 4.69) is 56.3 Å². The van der Waals surface area contributed by atoms with Crippen LogP contribution in [0.5, 0.6) is 0 Å². The monoisotopic (exact) mass is 378 g/mol. The summed E-state index contributed by atoms with van der Waals surface area (Å²) in [4.78, 5) is 23.0. The minimum absolute atomic E-state index is 0.150. The maximum Gasteiger partial charge on any atom is 0.219 e. The summed E-state index contributed by atoms with van der Waals surface area (Å²) in [6, 6.07) is 12.7. The molecule has 0 N–H and O–H groups in total. The predicted octanol–water partition coefficient (Wildman–Crippen LogP) is 3.39. The van der Waals surface area contributed by atoms with E-state index >= 15 is 0 Å². The molecule has 0 atom stereocenters. The van der Waals surface area contributed by atoms with Crippen LogP contribution in [-0.2, 0) is 24.1 Å². The van der Waals surface area contributed by atoms with Crippen molar-refractivity contribution in [3.8, 4) is 0 Å². The van der Waals surface area contributed by atoms with Crippen LogP contribution >= 0.6 is 0 Å². The Morgan fingerprint density at radius 3 is 2.29 bits per heavy atom. The van der Waals surface area contributed by atoms with E-state index in [-0.39, 0.29) is 5.91 Å². The summed E-state index contributed by atoms with van der Waals surface area (Å²) in [7, 11) is 0. The number of benzene rings is 1. The number of anilines is 1. The van der Waals surface area contributed by atoms with Gasteiger partial charge in [-0.05, 0) is 48.1 Å². The highest BCUT2D eigenvalue weighted by Gasteiger charge is 2.18. The Hall–Kier alpha value is -3.05. The van der Waals surface area contributed by atoms with Crippen LogP contribution in [0.15, 0.2) is 47.7 Å². The molecule has 2 aromatic rings. The molecule has 0 bridgehead atoms. The van der Waals surface area contributed by atoms with Crippen molar-refractivity contribution in [2.45, 2.75) is 26.2 Å². The SMILES string of the molecule is CC(=O)N1CCN(c2ccc(CCc3ccc(CCN=[N+]=[N-])cc3)nc2)CC1. The number of pyridine rings is 1. The number of azide groups is 1. The van der Waals surface area contributed by atoms with Gasteiger partial charge in [0.1, 0.15) is 0 Å². The first kappa shape index (κ1) is 19.7. The highest BCUT2D eigenvalue weighted by molar-refractivity contribution is 5.73. The Morgan fingerprint density at radius 2 is 1.71 bits per heavy atom. The molecule has 7 heteroatoms. The molecule has 1 aliphatic heterocycles. The van der Waals surface area contributed by atoms with E-state index in [0.717, 1.165) is 56.8 Å². The molecule has 0 spiro atoms. The zero-order chi connectivity index (χ0) is 19.8. The standard InChI is InChI=1S/C21H26N6O/c1-17(28)26-12-14-27(15-13-26)21-9-8-20(23-16-21)7-6-18-2-4-19(5-3-18)10-11-24-25-22/h2-5,8-9,16H,6-7,10-15H2,1H3. The zero-order valence-corrected chi connectivity index (χ0v) is 16.3. The Balaban J connectivity index is 1.48. The van der Waals surface area contributed by atoms with E-state index in [4.69, 9.17) is 5.53 Å². The molecule has 1 aromatic carbocycles. The van der Waals surface area contributed by atoms with Crippen LogP contribution in [-0.4, -0.2) is 48.5 Å². The summed E-state index contributed by atoms with van der Waals surface area (Å²) in [5.41, 5.74) is 13.0. The van der Waals surface area contributed by atoms with Crippen molar-refractivity contribution >= 4 is 11.6 Å². The summed E-state index contributed by atoms with van der Waals surface area (Å²) < 4.78 is 0. The Kier molecular flexibility index (Phi) is 6.87. The van der Waals surface area contributed by atoms with Crippen LogP contribution in [0.3, 0.4) is 0 Å². The third-order valence-electron chi connectivity index (χ3n) is 5.16. The van der Waals surface area contributed by atoms with Crippen LogP contribution in [0.25, 0.3) is 10.4 Å². The number of piperazine rings is 1. The van der Waals surface area contributed by atoms with E-state index in [1.165, 1.54) is 11.1 Å². The van der Waals surface area contributed by atoms with Gasteiger partial charge in [0.2, 0.25) is 5.91 Å². The van der Waals surface area contributed by atoms with Crippen LogP contribution < -0.4 is 4.90 Å². The minimum atomic E-state index is 0.150. The number of carbonyl (C=O) groups is 1. The molecule has 0 saturated carbocycles. The zero-order valence-electron chi connectivity index (χ0n) is 16.3. The van der Waals surface area contributed by atoms with Crippen LogP contribution in [0, 0.1) is 0 Å². The van der Waals surface area contributed by atoms with Gasteiger partial charge < -0.3 is 9.80 Å². The summed E-state index contributed by atoms with van der Waals surface area (Å²) in [6.07, 6.45) is 4.56. The van der Waals surface area contributed by atoms with E-state index in [9.17, 15) is 4.79 Å². The van der Waals surface area contributed by atoms with Gasteiger partial charge in [-0.15, -0.1) is 0 Å². The van der Waals surface area contributed by atoms with Gasteiger partial charge in [-0.1, -0.05) is 29.4 Å². The molecule has 7 nitrogen and oxygen atoms in total. The molecule has 1 amide bonds. The predicted molar refractivity (Wildman–Crippen MR) is 110 cm³/mol.